The third-order valence-electron chi connectivity index (χ3n) is 5.75. The molecule has 2 aromatic rings. The third kappa shape index (κ3) is 4.99. The zero-order valence-electron chi connectivity index (χ0n) is 18.0. The van der Waals surface area contributed by atoms with Crippen LogP contribution in [0.15, 0.2) is 30.5 Å². The first-order valence-corrected chi connectivity index (χ1v) is 10.7. The van der Waals surface area contributed by atoms with Crippen molar-refractivity contribution in [3.8, 4) is 11.5 Å². The Morgan fingerprint density at radius 1 is 1.16 bits per heavy atom. The van der Waals surface area contributed by atoms with Crippen molar-refractivity contribution in [1.29, 1.82) is 0 Å². The first kappa shape index (κ1) is 21.2. The Kier molecular flexibility index (Phi) is 6.41. The van der Waals surface area contributed by atoms with Crippen molar-refractivity contribution in [2.45, 2.75) is 32.4 Å². The number of anilines is 1. The number of ether oxygens (including phenoxy) is 2. The molecule has 9 heteroatoms. The molecule has 2 aliphatic heterocycles. The fourth-order valence-electron chi connectivity index (χ4n) is 3.85. The minimum Gasteiger partial charge on any atom is -0.486 e. The van der Waals surface area contributed by atoms with Gasteiger partial charge in [-0.3, -0.25) is 19.2 Å². The van der Waals surface area contributed by atoms with E-state index in [-0.39, 0.29) is 11.8 Å². The van der Waals surface area contributed by atoms with Gasteiger partial charge < -0.3 is 19.7 Å². The molecule has 1 aromatic heterocycles. The van der Waals surface area contributed by atoms with E-state index in [4.69, 9.17) is 9.47 Å². The van der Waals surface area contributed by atoms with Gasteiger partial charge in [-0.15, -0.1) is 0 Å². The summed E-state index contributed by atoms with van der Waals surface area (Å²) < 4.78 is 12.9. The molecule has 0 bridgehead atoms. The van der Waals surface area contributed by atoms with E-state index in [9.17, 15) is 9.59 Å². The highest BCUT2D eigenvalue weighted by Gasteiger charge is 2.32. The second-order valence-corrected chi connectivity index (χ2v) is 7.86. The molecule has 1 unspecified atom stereocenters. The largest absolute Gasteiger partial charge is 0.486 e. The highest BCUT2D eigenvalue weighted by atomic mass is 16.6. The zero-order valence-corrected chi connectivity index (χ0v) is 18.0. The zero-order chi connectivity index (χ0) is 21.8. The second-order valence-electron chi connectivity index (χ2n) is 7.86. The maximum absolute atomic E-state index is 12.8. The summed E-state index contributed by atoms with van der Waals surface area (Å²) in [5, 5.41) is 7.17. The number of aromatic nitrogens is 2. The molecular weight excluding hydrogens is 398 g/mol. The van der Waals surface area contributed by atoms with Gasteiger partial charge >= 0.3 is 0 Å². The third-order valence-corrected chi connectivity index (χ3v) is 5.75. The lowest BCUT2D eigenvalue weighted by Crippen LogP contribution is -2.57. The van der Waals surface area contributed by atoms with Gasteiger partial charge in [0.25, 0.3) is 0 Å². The highest BCUT2D eigenvalue weighted by Crippen LogP contribution is 2.31. The Hall–Kier alpha value is -3.07. The van der Waals surface area contributed by atoms with Crippen molar-refractivity contribution in [3.63, 3.8) is 0 Å². The predicted molar refractivity (Wildman–Crippen MR) is 115 cm³/mol. The van der Waals surface area contributed by atoms with Gasteiger partial charge in [0.2, 0.25) is 11.8 Å². The number of nitrogens with one attached hydrogen (secondary N) is 1. The fraction of sp³-hybridized carbons (Fsp3) is 0.500. The predicted octanol–water partition coefficient (Wildman–Crippen LogP) is 1.39. The van der Waals surface area contributed by atoms with E-state index in [0.29, 0.717) is 51.5 Å². The molecule has 9 nitrogen and oxygen atoms in total. The molecule has 1 saturated heterocycles. The van der Waals surface area contributed by atoms with E-state index in [1.54, 1.807) is 15.6 Å². The molecule has 2 amide bonds. The minimum atomic E-state index is -0.404. The van der Waals surface area contributed by atoms with E-state index < -0.39 is 6.04 Å². The fourth-order valence-corrected chi connectivity index (χ4v) is 3.85. The van der Waals surface area contributed by atoms with Gasteiger partial charge in [-0.05, 0) is 38.1 Å². The molecule has 1 fully saturated rings. The number of amides is 2. The first-order valence-electron chi connectivity index (χ1n) is 10.7. The molecule has 1 atom stereocenters. The lowest BCUT2D eigenvalue weighted by Gasteiger charge is -2.38. The van der Waals surface area contributed by atoms with Crippen LogP contribution in [-0.4, -0.2) is 77.3 Å². The Morgan fingerprint density at radius 3 is 2.74 bits per heavy atom. The molecule has 1 N–H and O–H groups in total. The van der Waals surface area contributed by atoms with Crippen LogP contribution in [0.1, 0.15) is 18.9 Å². The summed E-state index contributed by atoms with van der Waals surface area (Å²) >= 11 is 0. The smallest absolute Gasteiger partial charge is 0.244 e. The van der Waals surface area contributed by atoms with Crippen LogP contribution in [0.3, 0.4) is 0 Å². The van der Waals surface area contributed by atoms with Crippen LogP contribution >= 0.6 is 0 Å². The summed E-state index contributed by atoms with van der Waals surface area (Å²) in [5.74, 6) is 1.92. The Labute approximate surface area is 181 Å². The SMILES string of the molecule is CCn1ccc(NC(=O)C2CN(C(=O)CCc3ccc4c(c3)OCCO4)CCN2C)n1. The lowest BCUT2D eigenvalue weighted by molar-refractivity contribution is -0.136. The van der Waals surface area contributed by atoms with Crippen LogP contribution in [0, 0.1) is 0 Å². The molecule has 0 radical (unpaired) electrons. The minimum absolute atomic E-state index is 0.0519. The van der Waals surface area contributed by atoms with Gasteiger partial charge in [0.1, 0.15) is 19.3 Å². The van der Waals surface area contributed by atoms with Gasteiger partial charge in [-0.2, -0.15) is 5.10 Å². The Balaban J connectivity index is 1.32. The molecular formula is C22H29N5O4. The van der Waals surface area contributed by atoms with Crippen molar-refractivity contribution in [2.24, 2.45) is 0 Å². The summed E-state index contributed by atoms with van der Waals surface area (Å²) in [6.45, 7) is 5.47. The van der Waals surface area contributed by atoms with Crippen LogP contribution in [0.2, 0.25) is 0 Å². The van der Waals surface area contributed by atoms with Gasteiger partial charge in [-0.25, -0.2) is 0 Å². The maximum Gasteiger partial charge on any atom is 0.244 e. The topological polar surface area (TPSA) is 88.9 Å². The monoisotopic (exact) mass is 427 g/mol. The number of benzene rings is 1. The highest BCUT2D eigenvalue weighted by molar-refractivity contribution is 5.94. The number of hydrogen-bond acceptors (Lipinski definition) is 6. The number of likely N-dealkylation sites (N-methyl/N-ethyl adjacent to an activating group) is 1. The van der Waals surface area contributed by atoms with Gasteiger partial charge in [0.15, 0.2) is 17.3 Å². The number of hydrogen-bond donors (Lipinski definition) is 1. The van der Waals surface area contributed by atoms with Crippen LogP contribution in [-0.2, 0) is 22.6 Å². The summed E-state index contributed by atoms with van der Waals surface area (Å²) in [4.78, 5) is 29.4. The lowest BCUT2D eigenvalue weighted by atomic mass is 10.1. The number of aryl methyl sites for hydroxylation is 2. The summed E-state index contributed by atoms with van der Waals surface area (Å²) in [6, 6.07) is 7.18. The summed E-state index contributed by atoms with van der Waals surface area (Å²) in [5.41, 5.74) is 1.03. The van der Waals surface area contributed by atoms with Crippen LogP contribution in [0.4, 0.5) is 5.82 Å². The number of carbonyl (C=O) groups excluding carboxylic acids is 2. The van der Waals surface area contributed by atoms with Crippen molar-refractivity contribution < 1.29 is 19.1 Å². The van der Waals surface area contributed by atoms with E-state index in [2.05, 4.69) is 10.4 Å². The van der Waals surface area contributed by atoms with E-state index in [1.165, 1.54) is 0 Å². The van der Waals surface area contributed by atoms with Gasteiger partial charge in [0.05, 0.1) is 0 Å². The number of rotatable bonds is 6. The van der Waals surface area contributed by atoms with Crippen molar-refractivity contribution in [1.82, 2.24) is 19.6 Å². The summed E-state index contributed by atoms with van der Waals surface area (Å²) in [6.07, 6.45) is 2.83. The number of nitrogens with zero attached hydrogens (tertiary/aromatic N) is 4. The van der Waals surface area contributed by atoms with Crippen LogP contribution in [0.25, 0.3) is 0 Å². The molecule has 31 heavy (non-hydrogen) atoms. The Morgan fingerprint density at radius 2 is 1.97 bits per heavy atom. The molecule has 4 rings (SSSR count). The maximum atomic E-state index is 12.8. The number of fused-ring (bicyclic) bond motifs is 1. The van der Waals surface area contributed by atoms with Gasteiger partial charge in [-0.1, -0.05) is 6.07 Å². The quantitative estimate of drug-likeness (QED) is 0.750. The number of piperazine rings is 1. The first-order chi connectivity index (χ1) is 15.0. The molecule has 166 valence electrons. The second kappa shape index (κ2) is 9.38. The van der Waals surface area contributed by atoms with E-state index >= 15 is 0 Å². The van der Waals surface area contributed by atoms with Crippen molar-refractivity contribution in [3.05, 3.63) is 36.0 Å². The number of carbonyl (C=O) groups is 2. The molecule has 2 aliphatic rings. The molecule has 1 aromatic carbocycles. The van der Waals surface area contributed by atoms with E-state index in [0.717, 1.165) is 23.6 Å². The standard InChI is InChI=1S/C22H29N5O4/c1-3-27-9-8-20(24-27)23-22(29)17-15-26(11-10-25(17)2)21(28)7-5-16-4-6-18-19(14-16)31-13-12-30-18/h4,6,8-9,14,17H,3,5,7,10-13,15H2,1-2H3,(H,23,24,29). The normalized spacial score (nSPS) is 18.6. The molecule has 0 spiro atoms. The molecule has 3 heterocycles. The average molecular weight is 428 g/mol. The molecule has 0 aliphatic carbocycles. The van der Waals surface area contributed by atoms with Crippen molar-refractivity contribution in [2.75, 3.05) is 45.2 Å². The average Bonchev–Trinajstić information content (AvgIpc) is 3.25. The summed E-state index contributed by atoms with van der Waals surface area (Å²) in [7, 11) is 1.91. The molecule has 0 saturated carbocycles. The van der Waals surface area contributed by atoms with Crippen LogP contribution in [0.5, 0.6) is 11.5 Å². The van der Waals surface area contributed by atoms with Gasteiger partial charge in [0, 0.05) is 44.9 Å². The van der Waals surface area contributed by atoms with Crippen LogP contribution < -0.4 is 14.8 Å². The van der Waals surface area contributed by atoms with Crippen molar-refractivity contribution >= 4 is 17.6 Å². The Bertz CT molecular complexity index is 944. The van der Waals surface area contributed by atoms with E-state index in [1.807, 2.05) is 43.3 Å².